The smallest absolute Gasteiger partial charge is 0.266 e. The van der Waals surface area contributed by atoms with Gasteiger partial charge < -0.3 is 9.64 Å². The highest BCUT2D eigenvalue weighted by molar-refractivity contribution is 5.98. The van der Waals surface area contributed by atoms with Gasteiger partial charge in [0.2, 0.25) is 0 Å². The third-order valence-electron chi connectivity index (χ3n) is 3.74. The molecule has 2 rings (SSSR count). The summed E-state index contributed by atoms with van der Waals surface area (Å²) in [5.74, 6) is 0.0217. The number of likely N-dealkylation sites (tertiary alicyclic amines) is 1. The lowest BCUT2D eigenvalue weighted by atomic mass is 9.99. The minimum Gasteiger partial charge on any atom is -0.496 e. The van der Waals surface area contributed by atoms with E-state index in [1.165, 1.54) is 4.90 Å². The standard InChI is InChI=1S/C15H20N2O4/c1-3-4-10-9-11(5-6-13(10)21-2)15(19)17-8-7-12(17)14(18)16-20/h5-6,9,12,20H,3-4,7-8H2,1-2H3,(H,16,18). The van der Waals surface area contributed by atoms with Crippen LogP contribution in [0.4, 0.5) is 0 Å². The first-order valence-electron chi connectivity index (χ1n) is 7.04. The number of aryl methyl sites for hydroxylation is 1. The van der Waals surface area contributed by atoms with E-state index in [0.29, 0.717) is 18.5 Å². The third kappa shape index (κ3) is 3.00. The molecular weight excluding hydrogens is 272 g/mol. The molecule has 2 amide bonds. The highest BCUT2D eigenvalue weighted by atomic mass is 16.5. The van der Waals surface area contributed by atoms with Gasteiger partial charge in [-0.3, -0.25) is 14.8 Å². The van der Waals surface area contributed by atoms with Gasteiger partial charge >= 0.3 is 0 Å². The molecular formula is C15H20N2O4. The molecule has 1 aliphatic heterocycles. The number of hydrogen-bond acceptors (Lipinski definition) is 4. The van der Waals surface area contributed by atoms with E-state index < -0.39 is 11.9 Å². The molecule has 6 heteroatoms. The molecule has 0 aliphatic carbocycles. The Morgan fingerprint density at radius 2 is 2.24 bits per heavy atom. The second-order valence-corrected chi connectivity index (χ2v) is 5.06. The zero-order chi connectivity index (χ0) is 15.4. The molecule has 21 heavy (non-hydrogen) atoms. The first kappa shape index (κ1) is 15.3. The molecule has 1 aromatic rings. The Labute approximate surface area is 123 Å². The number of carbonyl (C=O) groups excluding carboxylic acids is 2. The highest BCUT2D eigenvalue weighted by Crippen LogP contribution is 2.25. The van der Waals surface area contributed by atoms with Gasteiger partial charge in [0.25, 0.3) is 11.8 Å². The number of hydroxylamine groups is 1. The Morgan fingerprint density at radius 3 is 2.76 bits per heavy atom. The van der Waals surface area contributed by atoms with E-state index >= 15 is 0 Å². The molecule has 1 aromatic carbocycles. The van der Waals surface area contributed by atoms with Crippen molar-refractivity contribution in [2.45, 2.75) is 32.2 Å². The molecule has 1 atom stereocenters. The number of ether oxygens (including phenoxy) is 1. The lowest BCUT2D eigenvalue weighted by Gasteiger charge is -2.39. The van der Waals surface area contributed by atoms with Gasteiger partial charge in [0.1, 0.15) is 11.8 Å². The average molecular weight is 292 g/mol. The Hall–Kier alpha value is -2.08. The van der Waals surface area contributed by atoms with Crippen LogP contribution in [0.15, 0.2) is 18.2 Å². The van der Waals surface area contributed by atoms with Crippen molar-refractivity contribution >= 4 is 11.8 Å². The summed E-state index contributed by atoms with van der Waals surface area (Å²) in [7, 11) is 1.60. The zero-order valence-corrected chi connectivity index (χ0v) is 12.3. The van der Waals surface area contributed by atoms with E-state index in [1.54, 1.807) is 24.7 Å². The van der Waals surface area contributed by atoms with Crippen molar-refractivity contribution in [1.82, 2.24) is 10.4 Å². The fourth-order valence-corrected chi connectivity index (χ4v) is 2.52. The van der Waals surface area contributed by atoms with E-state index in [2.05, 4.69) is 6.92 Å². The number of nitrogens with zero attached hydrogens (tertiary/aromatic N) is 1. The number of hydrogen-bond donors (Lipinski definition) is 2. The van der Waals surface area contributed by atoms with Crippen molar-refractivity contribution < 1.29 is 19.5 Å². The predicted octanol–water partition coefficient (Wildman–Crippen LogP) is 1.37. The van der Waals surface area contributed by atoms with Crippen LogP contribution in [-0.4, -0.2) is 41.6 Å². The summed E-state index contributed by atoms with van der Waals surface area (Å²) in [6.45, 7) is 2.58. The van der Waals surface area contributed by atoms with Crippen molar-refractivity contribution in [3.8, 4) is 5.75 Å². The van der Waals surface area contributed by atoms with Gasteiger partial charge in [-0.05, 0) is 36.6 Å². The maximum Gasteiger partial charge on any atom is 0.266 e. The van der Waals surface area contributed by atoms with E-state index in [0.717, 1.165) is 24.2 Å². The molecule has 1 saturated heterocycles. The highest BCUT2D eigenvalue weighted by Gasteiger charge is 2.37. The first-order valence-corrected chi connectivity index (χ1v) is 7.04. The molecule has 2 N–H and O–H groups in total. The number of nitrogens with one attached hydrogen (secondary N) is 1. The van der Waals surface area contributed by atoms with E-state index in [4.69, 9.17) is 9.94 Å². The van der Waals surface area contributed by atoms with Crippen LogP contribution in [0.2, 0.25) is 0 Å². The summed E-state index contributed by atoms with van der Waals surface area (Å²) in [6.07, 6.45) is 2.34. The molecule has 114 valence electrons. The Balaban J connectivity index is 2.19. The molecule has 1 unspecified atom stereocenters. The van der Waals surface area contributed by atoms with Crippen molar-refractivity contribution in [2.24, 2.45) is 0 Å². The van der Waals surface area contributed by atoms with Crippen molar-refractivity contribution in [3.05, 3.63) is 29.3 Å². The van der Waals surface area contributed by atoms with Crippen LogP contribution in [0, 0.1) is 0 Å². The summed E-state index contributed by atoms with van der Waals surface area (Å²) in [6, 6.07) is 4.71. The molecule has 0 aromatic heterocycles. The van der Waals surface area contributed by atoms with Gasteiger partial charge in [-0.15, -0.1) is 0 Å². The molecule has 0 spiro atoms. The summed E-state index contributed by atoms with van der Waals surface area (Å²) < 4.78 is 5.29. The van der Waals surface area contributed by atoms with Crippen molar-refractivity contribution in [1.29, 1.82) is 0 Å². The number of amides is 2. The van der Waals surface area contributed by atoms with Crippen LogP contribution >= 0.6 is 0 Å². The van der Waals surface area contributed by atoms with E-state index in [1.807, 2.05) is 6.07 Å². The molecule has 6 nitrogen and oxygen atoms in total. The summed E-state index contributed by atoms with van der Waals surface area (Å²) in [5, 5.41) is 8.67. The minimum atomic E-state index is -0.584. The number of methoxy groups -OCH3 is 1. The zero-order valence-electron chi connectivity index (χ0n) is 12.3. The first-order chi connectivity index (χ1) is 10.1. The van der Waals surface area contributed by atoms with E-state index in [9.17, 15) is 9.59 Å². The van der Waals surface area contributed by atoms with E-state index in [-0.39, 0.29) is 5.91 Å². The van der Waals surface area contributed by atoms with Crippen LogP contribution in [0.3, 0.4) is 0 Å². The fraction of sp³-hybridized carbons (Fsp3) is 0.467. The van der Waals surface area contributed by atoms with Crippen LogP contribution < -0.4 is 10.2 Å². The van der Waals surface area contributed by atoms with Gasteiger partial charge in [-0.2, -0.15) is 0 Å². The van der Waals surface area contributed by atoms with Crippen LogP contribution in [0.25, 0.3) is 0 Å². The van der Waals surface area contributed by atoms with Gasteiger partial charge in [-0.1, -0.05) is 13.3 Å². The SMILES string of the molecule is CCCc1cc(C(=O)N2CCC2C(=O)NO)ccc1OC. The lowest BCUT2D eigenvalue weighted by Crippen LogP contribution is -2.57. The molecule has 0 bridgehead atoms. The Kier molecular flexibility index (Phi) is 4.80. The molecule has 0 radical (unpaired) electrons. The van der Waals surface area contributed by atoms with Gasteiger partial charge in [0.05, 0.1) is 7.11 Å². The lowest BCUT2D eigenvalue weighted by molar-refractivity contribution is -0.137. The van der Waals surface area contributed by atoms with Crippen LogP contribution in [-0.2, 0) is 11.2 Å². The summed E-state index contributed by atoms with van der Waals surface area (Å²) in [4.78, 5) is 25.3. The summed E-state index contributed by atoms with van der Waals surface area (Å²) >= 11 is 0. The quantitative estimate of drug-likeness (QED) is 0.634. The second-order valence-electron chi connectivity index (χ2n) is 5.06. The number of benzene rings is 1. The molecule has 0 saturated carbocycles. The second kappa shape index (κ2) is 6.58. The fourth-order valence-electron chi connectivity index (χ4n) is 2.52. The maximum atomic E-state index is 12.4. The Bertz CT molecular complexity index is 544. The van der Waals surface area contributed by atoms with Gasteiger partial charge in [0, 0.05) is 12.1 Å². The average Bonchev–Trinajstić information content (AvgIpc) is 2.46. The molecule has 1 heterocycles. The van der Waals surface area contributed by atoms with Crippen LogP contribution in [0.5, 0.6) is 5.75 Å². The minimum absolute atomic E-state index is 0.199. The topological polar surface area (TPSA) is 78.9 Å². The van der Waals surface area contributed by atoms with Crippen LogP contribution in [0.1, 0.15) is 35.7 Å². The monoisotopic (exact) mass is 292 g/mol. The predicted molar refractivity (Wildman–Crippen MR) is 76.4 cm³/mol. The van der Waals surface area contributed by atoms with Crippen molar-refractivity contribution in [2.75, 3.05) is 13.7 Å². The third-order valence-corrected chi connectivity index (χ3v) is 3.74. The molecule has 1 fully saturated rings. The number of carbonyl (C=O) groups is 2. The van der Waals surface area contributed by atoms with Crippen molar-refractivity contribution in [3.63, 3.8) is 0 Å². The van der Waals surface area contributed by atoms with Gasteiger partial charge in [0.15, 0.2) is 0 Å². The molecule has 1 aliphatic rings. The maximum absolute atomic E-state index is 12.4. The number of rotatable bonds is 5. The largest absolute Gasteiger partial charge is 0.496 e. The van der Waals surface area contributed by atoms with Gasteiger partial charge in [-0.25, -0.2) is 5.48 Å². The summed E-state index contributed by atoms with van der Waals surface area (Å²) in [5.41, 5.74) is 3.12. The Morgan fingerprint density at radius 1 is 1.48 bits per heavy atom. The normalized spacial score (nSPS) is 17.1.